The van der Waals surface area contributed by atoms with Gasteiger partial charge >= 0.3 is 12.1 Å². The summed E-state index contributed by atoms with van der Waals surface area (Å²) in [7, 11) is 0. The van der Waals surface area contributed by atoms with Gasteiger partial charge < -0.3 is 9.63 Å². The van der Waals surface area contributed by atoms with Crippen molar-refractivity contribution in [2.75, 3.05) is 0 Å². The van der Waals surface area contributed by atoms with Crippen molar-refractivity contribution in [3.8, 4) is 11.5 Å². The van der Waals surface area contributed by atoms with Crippen LogP contribution in [-0.2, 0) is 17.4 Å². The molecule has 1 aromatic heterocycles. The summed E-state index contributed by atoms with van der Waals surface area (Å²) in [5.41, 5.74) is -1.11. The van der Waals surface area contributed by atoms with Crippen molar-refractivity contribution in [2.45, 2.75) is 19.0 Å². The number of benzene rings is 1. The van der Waals surface area contributed by atoms with Crippen LogP contribution in [0.15, 0.2) is 28.8 Å². The first kappa shape index (κ1) is 14.0. The highest BCUT2D eigenvalue weighted by Crippen LogP contribution is 2.36. The second-order valence-corrected chi connectivity index (χ2v) is 3.95. The fraction of sp³-hybridized carbons (Fsp3) is 0.250. The number of aromatic nitrogens is 2. The molecule has 5 nitrogen and oxygen atoms in total. The minimum absolute atomic E-state index is 0.00693. The van der Waals surface area contributed by atoms with Gasteiger partial charge in [0.2, 0.25) is 0 Å². The van der Waals surface area contributed by atoms with Gasteiger partial charge in [0, 0.05) is 6.42 Å². The number of hydrogen-bond donors (Lipinski definition) is 1. The maximum absolute atomic E-state index is 12.8. The number of rotatable bonds is 4. The summed E-state index contributed by atoms with van der Waals surface area (Å²) in [6.45, 7) is 0. The van der Waals surface area contributed by atoms with Crippen LogP contribution in [0.3, 0.4) is 0 Å². The Kier molecular flexibility index (Phi) is 3.73. The molecule has 0 aliphatic rings. The van der Waals surface area contributed by atoms with E-state index in [1.807, 2.05) is 0 Å². The van der Waals surface area contributed by atoms with Crippen LogP contribution in [0.25, 0.3) is 11.5 Å². The summed E-state index contributed by atoms with van der Waals surface area (Å²) >= 11 is 0. The predicted octanol–water partition coefficient (Wildman–Crippen LogP) is 2.77. The molecule has 0 bridgehead atoms. The molecule has 0 fully saturated rings. The van der Waals surface area contributed by atoms with Crippen molar-refractivity contribution < 1.29 is 27.6 Å². The van der Waals surface area contributed by atoms with Crippen molar-refractivity contribution in [1.82, 2.24) is 10.1 Å². The number of halogens is 3. The molecule has 2 rings (SSSR count). The van der Waals surface area contributed by atoms with Crippen LogP contribution in [0, 0.1) is 0 Å². The number of aryl methyl sites for hydroxylation is 1. The fourth-order valence-corrected chi connectivity index (χ4v) is 1.60. The second kappa shape index (κ2) is 5.32. The largest absolute Gasteiger partial charge is 0.481 e. The van der Waals surface area contributed by atoms with Crippen molar-refractivity contribution in [3.63, 3.8) is 0 Å². The number of carbonyl (C=O) groups is 1. The molecule has 106 valence electrons. The Morgan fingerprint density at radius 3 is 2.65 bits per heavy atom. The van der Waals surface area contributed by atoms with E-state index in [-0.39, 0.29) is 30.1 Å². The Hall–Kier alpha value is -2.38. The quantitative estimate of drug-likeness (QED) is 0.935. The molecule has 1 N–H and O–H groups in total. The number of nitrogens with zero attached hydrogens (tertiary/aromatic N) is 2. The van der Waals surface area contributed by atoms with Crippen LogP contribution in [0.5, 0.6) is 0 Å². The Morgan fingerprint density at radius 1 is 1.30 bits per heavy atom. The molecule has 0 saturated heterocycles. The first-order chi connectivity index (χ1) is 9.38. The Bertz CT molecular complexity index is 622. The first-order valence-corrected chi connectivity index (χ1v) is 5.59. The first-order valence-electron chi connectivity index (χ1n) is 5.59. The Balaban J connectivity index is 2.31. The van der Waals surface area contributed by atoms with Crippen LogP contribution in [0.4, 0.5) is 13.2 Å². The lowest BCUT2D eigenvalue weighted by atomic mass is 10.1. The molecular formula is C12H9F3N2O3. The van der Waals surface area contributed by atoms with Crippen LogP contribution in [-0.4, -0.2) is 21.2 Å². The lowest BCUT2D eigenvalue weighted by molar-refractivity contribution is -0.138. The number of alkyl halides is 3. The number of aliphatic carboxylic acids is 1. The van der Waals surface area contributed by atoms with Gasteiger partial charge in [-0.1, -0.05) is 17.3 Å². The van der Waals surface area contributed by atoms with E-state index in [1.165, 1.54) is 18.2 Å². The maximum atomic E-state index is 12.8. The lowest BCUT2D eigenvalue weighted by Crippen LogP contribution is -2.07. The van der Waals surface area contributed by atoms with E-state index in [9.17, 15) is 18.0 Å². The van der Waals surface area contributed by atoms with Crippen molar-refractivity contribution >= 4 is 5.97 Å². The van der Waals surface area contributed by atoms with Crippen LogP contribution >= 0.6 is 0 Å². The zero-order valence-electron chi connectivity index (χ0n) is 10.0. The molecular weight excluding hydrogens is 277 g/mol. The van der Waals surface area contributed by atoms with Gasteiger partial charge in [-0.25, -0.2) is 0 Å². The standard InChI is InChI=1S/C12H9F3N2O3/c13-12(14,15)8-4-2-1-3-7(8)11-16-9(17-20-11)5-6-10(18)19/h1-4H,5-6H2,(H,18,19). The van der Waals surface area contributed by atoms with E-state index >= 15 is 0 Å². The molecule has 0 radical (unpaired) electrons. The molecule has 20 heavy (non-hydrogen) atoms. The molecule has 1 aromatic carbocycles. The van der Waals surface area contributed by atoms with Crippen LogP contribution < -0.4 is 0 Å². The van der Waals surface area contributed by atoms with E-state index < -0.39 is 17.7 Å². The van der Waals surface area contributed by atoms with Gasteiger partial charge in [0.05, 0.1) is 17.5 Å². The molecule has 0 atom stereocenters. The van der Waals surface area contributed by atoms with Gasteiger partial charge in [0.1, 0.15) is 0 Å². The van der Waals surface area contributed by atoms with Gasteiger partial charge in [-0.05, 0) is 12.1 Å². The topological polar surface area (TPSA) is 76.2 Å². The molecule has 0 aliphatic heterocycles. The van der Waals surface area contributed by atoms with Crippen molar-refractivity contribution in [1.29, 1.82) is 0 Å². The van der Waals surface area contributed by atoms with E-state index in [2.05, 4.69) is 10.1 Å². The summed E-state index contributed by atoms with van der Waals surface area (Å²) in [4.78, 5) is 14.2. The minimum atomic E-state index is -4.54. The van der Waals surface area contributed by atoms with E-state index in [1.54, 1.807) is 0 Å². The highest BCUT2D eigenvalue weighted by Gasteiger charge is 2.34. The smallest absolute Gasteiger partial charge is 0.417 e. The predicted molar refractivity (Wildman–Crippen MR) is 60.7 cm³/mol. The van der Waals surface area contributed by atoms with E-state index in [0.717, 1.165) is 6.07 Å². The van der Waals surface area contributed by atoms with Crippen molar-refractivity contribution in [2.24, 2.45) is 0 Å². The van der Waals surface area contributed by atoms with Gasteiger partial charge in [0.25, 0.3) is 5.89 Å². The highest BCUT2D eigenvalue weighted by molar-refractivity contribution is 5.67. The summed E-state index contributed by atoms with van der Waals surface area (Å²) < 4.78 is 43.2. The second-order valence-electron chi connectivity index (χ2n) is 3.95. The van der Waals surface area contributed by atoms with Crippen LogP contribution in [0.1, 0.15) is 17.8 Å². The third kappa shape index (κ3) is 3.14. The molecule has 2 aromatic rings. The molecule has 0 unspecified atom stereocenters. The average molecular weight is 286 g/mol. The summed E-state index contributed by atoms with van der Waals surface area (Å²) in [6, 6.07) is 4.81. The van der Waals surface area contributed by atoms with Gasteiger partial charge in [0.15, 0.2) is 5.82 Å². The maximum Gasteiger partial charge on any atom is 0.417 e. The summed E-state index contributed by atoms with van der Waals surface area (Å²) in [5, 5.41) is 12.0. The van der Waals surface area contributed by atoms with Gasteiger partial charge in [-0.15, -0.1) is 0 Å². The number of carboxylic acids is 1. The molecule has 0 aliphatic carbocycles. The molecule has 1 heterocycles. The third-order valence-corrected chi connectivity index (χ3v) is 2.49. The van der Waals surface area contributed by atoms with E-state index in [4.69, 9.17) is 9.63 Å². The number of hydrogen-bond acceptors (Lipinski definition) is 4. The molecule has 0 saturated carbocycles. The van der Waals surface area contributed by atoms with E-state index in [0.29, 0.717) is 0 Å². The summed E-state index contributed by atoms with van der Waals surface area (Å²) in [5.74, 6) is -1.27. The molecule has 8 heteroatoms. The van der Waals surface area contributed by atoms with Gasteiger partial charge in [-0.3, -0.25) is 4.79 Å². The summed E-state index contributed by atoms with van der Waals surface area (Å²) in [6.07, 6.45) is -4.76. The zero-order chi connectivity index (χ0) is 14.8. The Labute approximate surface area is 111 Å². The Morgan fingerprint density at radius 2 is 2.00 bits per heavy atom. The highest BCUT2D eigenvalue weighted by atomic mass is 19.4. The number of carboxylic acid groups (broad SMARTS) is 1. The van der Waals surface area contributed by atoms with Gasteiger partial charge in [-0.2, -0.15) is 18.2 Å². The normalized spacial score (nSPS) is 11.6. The van der Waals surface area contributed by atoms with Crippen molar-refractivity contribution in [3.05, 3.63) is 35.7 Å². The SMILES string of the molecule is O=C(O)CCc1noc(-c2ccccc2C(F)(F)F)n1. The molecule has 0 spiro atoms. The van der Waals surface area contributed by atoms with Crippen LogP contribution in [0.2, 0.25) is 0 Å². The average Bonchev–Trinajstić information content (AvgIpc) is 2.84. The zero-order valence-corrected chi connectivity index (χ0v) is 10.0. The lowest BCUT2D eigenvalue weighted by Gasteiger charge is -2.09. The third-order valence-electron chi connectivity index (χ3n) is 2.49. The monoisotopic (exact) mass is 286 g/mol. The fourth-order valence-electron chi connectivity index (χ4n) is 1.60. The molecule has 0 amide bonds. The minimum Gasteiger partial charge on any atom is -0.481 e.